The first-order valence-corrected chi connectivity index (χ1v) is 10.6. The first-order valence-electron chi connectivity index (χ1n) is 10.2. The van der Waals surface area contributed by atoms with Crippen LogP contribution in [0.5, 0.6) is 0 Å². The van der Waals surface area contributed by atoms with Crippen LogP contribution >= 0.6 is 11.6 Å². The molecule has 1 aliphatic heterocycles. The van der Waals surface area contributed by atoms with Gasteiger partial charge in [0.05, 0.1) is 22.8 Å². The van der Waals surface area contributed by atoms with E-state index in [0.29, 0.717) is 36.5 Å². The number of rotatable bonds is 4. The van der Waals surface area contributed by atoms with E-state index in [4.69, 9.17) is 11.6 Å². The van der Waals surface area contributed by atoms with E-state index in [9.17, 15) is 9.18 Å². The number of piperazine rings is 1. The van der Waals surface area contributed by atoms with Crippen molar-refractivity contribution in [1.82, 2.24) is 24.8 Å². The highest BCUT2D eigenvalue weighted by Gasteiger charge is 2.27. The van der Waals surface area contributed by atoms with Crippen LogP contribution in [0.4, 0.5) is 10.2 Å². The van der Waals surface area contributed by atoms with Crippen LogP contribution in [0, 0.1) is 12.7 Å². The Hall–Kier alpha value is -2.84. The highest BCUT2D eigenvalue weighted by atomic mass is 35.5. The van der Waals surface area contributed by atoms with Crippen molar-refractivity contribution in [1.29, 1.82) is 0 Å². The van der Waals surface area contributed by atoms with Crippen LogP contribution < -0.4 is 15.9 Å². The second-order valence-electron chi connectivity index (χ2n) is 7.90. The van der Waals surface area contributed by atoms with Crippen molar-refractivity contribution in [3.05, 3.63) is 63.7 Å². The summed E-state index contributed by atoms with van der Waals surface area (Å²) in [5, 5.41) is 3.40. The molecule has 1 aliphatic rings. The van der Waals surface area contributed by atoms with E-state index in [1.807, 2.05) is 31.7 Å². The zero-order chi connectivity index (χ0) is 22.3. The summed E-state index contributed by atoms with van der Waals surface area (Å²) in [5.41, 5.74) is 1.90. The third kappa shape index (κ3) is 3.70. The van der Waals surface area contributed by atoms with Crippen molar-refractivity contribution >= 4 is 28.5 Å². The first-order chi connectivity index (χ1) is 14.8. The lowest BCUT2D eigenvalue weighted by Gasteiger charge is -2.36. The lowest BCUT2D eigenvalue weighted by atomic mass is 10.0. The summed E-state index contributed by atoms with van der Waals surface area (Å²) in [6, 6.07) is 3.03. The minimum absolute atomic E-state index is 0.0470. The molecule has 1 fully saturated rings. The Morgan fingerprint density at radius 3 is 2.87 bits per heavy atom. The van der Waals surface area contributed by atoms with Crippen molar-refractivity contribution in [2.75, 3.05) is 24.5 Å². The zero-order valence-electron chi connectivity index (χ0n) is 17.7. The lowest BCUT2D eigenvalue weighted by Crippen LogP contribution is -2.51. The molecule has 0 spiro atoms. The van der Waals surface area contributed by atoms with Crippen LogP contribution in [0.25, 0.3) is 16.7 Å². The number of anilines is 1. The van der Waals surface area contributed by atoms with Gasteiger partial charge in [0.15, 0.2) is 16.6 Å². The molecule has 1 unspecified atom stereocenters. The van der Waals surface area contributed by atoms with Crippen molar-refractivity contribution in [2.24, 2.45) is 0 Å². The van der Waals surface area contributed by atoms with E-state index >= 15 is 0 Å². The van der Waals surface area contributed by atoms with Gasteiger partial charge in [0, 0.05) is 25.8 Å². The third-order valence-corrected chi connectivity index (χ3v) is 5.78. The molecule has 31 heavy (non-hydrogen) atoms. The van der Waals surface area contributed by atoms with Crippen molar-refractivity contribution in [2.45, 2.75) is 32.7 Å². The fourth-order valence-electron chi connectivity index (χ4n) is 3.99. The van der Waals surface area contributed by atoms with Crippen LogP contribution in [0.3, 0.4) is 0 Å². The maximum absolute atomic E-state index is 14.5. The molecular weight excluding hydrogens is 419 g/mol. The fraction of sp³-hybridized carbons (Fsp3) is 0.364. The highest BCUT2D eigenvalue weighted by Crippen LogP contribution is 2.31. The minimum atomic E-state index is -0.667. The van der Waals surface area contributed by atoms with E-state index in [1.165, 1.54) is 10.6 Å². The van der Waals surface area contributed by atoms with Gasteiger partial charge in [0.25, 0.3) is 0 Å². The van der Waals surface area contributed by atoms with Crippen LogP contribution in [0.15, 0.2) is 35.8 Å². The maximum Gasteiger partial charge on any atom is 0.355 e. The number of nitrogens with zero attached hydrogens (tertiary/aromatic N) is 5. The molecule has 1 atom stereocenters. The molecule has 0 aliphatic carbocycles. The average molecular weight is 443 g/mol. The monoisotopic (exact) mass is 442 g/mol. The fourth-order valence-corrected chi connectivity index (χ4v) is 4.12. The molecule has 162 valence electrons. The van der Waals surface area contributed by atoms with Gasteiger partial charge in [0.2, 0.25) is 0 Å². The summed E-state index contributed by atoms with van der Waals surface area (Å²) in [6.07, 6.45) is 3.49. The number of fused-ring (bicyclic) bond motifs is 1. The van der Waals surface area contributed by atoms with Gasteiger partial charge >= 0.3 is 5.69 Å². The van der Waals surface area contributed by atoms with Crippen molar-refractivity contribution in [3.8, 4) is 5.69 Å². The molecule has 0 radical (unpaired) electrons. The van der Waals surface area contributed by atoms with Gasteiger partial charge in [-0.05, 0) is 30.5 Å². The Morgan fingerprint density at radius 2 is 2.16 bits per heavy atom. The normalized spacial score (nSPS) is 16.8. The first kappa shape index (κ1) is 21.4. The number of pyridine rings is 2. The van der Waals surface area contributed by atoms with Gasteiger partial charge in [-0.25, -0.2) is 18.7 Å². The zero-order valence-corrected chi connectivity index (χ0v) is 18.4. The summed E-state index contributed by atoms with van der Waals surface area (Å²) in [5.74, 6) is -0.246. The Bertz CT molecular complexity index is 1220. The Balaban J connectivity index is 2.09. The molecule has 1 N–H and O–H groups in total. The summed E-state index contributed by atoms with van der Waals surface area (Å²) in [4.78, 5) is 28.5. The van der Waals surface area contributed by atoms with Crippen molar-refractivity contribution in [3.63, 3.8) is 0 Å². The predicted molar refractivity (Wildman–Crippen MR) is 121 cm³/mol. The molecule has 0 amide bonds. The highest BCUT2D eigenvalue weighted by molar-refractivity contribution is 6.30. The van der Waals surface area contributed by atoms with Gasteiger partial charge in [-0.3, -0.25) is 4.98 Å². The van der Waals surface area contributed by atoms with E-state index in [2.05, 4.69) is 26.8 Å². The molecule has 3 aromatic rings. The number of halogens is 2. The van der Waals surface area contributed by atoms with Gasteiger partial charge < -0.3 is 10.2 Å². The molecule has 4 rings (SSSR count). The third-order valence-electron chi connectivity index (χ3n) is 5.51. The quantitative estimate of drug-likeness (QED) is 0.493. The van der Waals surface area contributed by atoms with Crippen LogP contribution in [0.1, 0.15) is 31.0 Å². The number of aryl methyl sites for hydroxylation is 1. The number of hydrogen-bond donors (Lipinski definition) is 1. The SMILES string of the molecule is C=CC1CNCCN1c1nc(=O)n(-c2c(C)ccnc2C(C)C)c2nc(Cl)c(F)cc12. The van der Waals surface area contributed by atoms with Crippen LogP contribution in [0.2, 0.25) is 5.15 Å². The number of nitrogens with one attached hydrogen (secondary N) is 1. The van der Waals surface area contributed by atoms with Gasteiger partial charge in [0.1, 0.15) is 5.82 Å². The van der Waals surface area contributed by atoms with Gasteiger partial charge in [-0.2, -0.15) is 4.98 Å². The molecule has 0 aromatic carbocycles. The largest absolute Gasteiger partial charge is 0.355 e. The number of aromatic nitrogens is 4. The van der Waals surface area contributed by atoms with Crippen LogP contribution in [-0.2, 0) is 0 Å². The molecule has 0 saturated carbocycles. The topological polar surface area (TPSA) is 75.9 Å². The van der Waals surface area contributed by atoms with E-state index in [-0.39, 0.29) is 22.8 Å². The predicted octanol–water partition coefficient (Wildman–Crippen LogP) is 3.36. The summed E-state index contributed by atoms with van der Waals surface area (Å²) >= 11 is 6.06. The van der Waals surface area contributed by atoms with Crippen molar-refractivity contribution < 1.29 is 4.39 Å². The smallest absolute Gasteiger partial charge is 0.347 e. The number of hydrogen-bond acceptors (Lipinski definition) is 6. The molecule has 7 nitrogen and oxygen atoms in total. The van der Waals surface area contributed by atoms with E-state index < -0.39 is 11.5 Å². The standard InChI is InChI=1S/C22H24ClFN6O/c1-5-14-11-25-8-9-29(14)20-15-10-16(24)19(23)27-21(15)30(22(31)28-20)18-13(4)6-7-26-17(18)12(2)3/h5-7,10,12,14,25H,1,8-9,11H2,2-4H3. The van der Waals surface area contributed by atoms with Gasteiger partial charge in [-0.1, -0.05) is 31.5 Å². The minimum Gasteiger partial charge on any atom is -0.347 e. The maximum atomic E-state index is 14.5. The second kappa shape index (κ2) is 8.36. The average Bonchev–Trinajstić information content (AvgIpc) is 2.75. The Labute approximate surface area is 184 Å². The molecule has 4 heterocycles. The van der Waals surface area contributed by atoms with Gasteiger partial charge in [-0.15, -0.1) is 6.58 Å². The van der Waals surface area contributed by atoms with Crippen LogP contribution in [-0.4, -0.2) is 45.2 Å². The summed E-state index contributed by atoms with van der Waals surface area (Å²) in [6.45, 7) is 11.7. The lowest BCUT2D eigenvalue weighted by molar-refractivity contribution is 0.526. The Morgan fingerprint density at radius 1 is 1.39 bits per heavy atom. The molecule has 1 saturated heterocycles. The summed E-state index contributed by atoms with van der Waals surface area (Å²) in [7, 11) is 0. The summed E-state index contributed by atoms with van der Waals surface area (Å²) < 4.78 is 15.9. The molecule has 9 heteroatoms. The molecular formula is C22H24ClFN6O. The Kier molecular flexibility index (Phi) is 5.77. The van der Waals surface area contributed by atoms with E-state index in [0.717, 1.165) is 11.3 Å². The van der Waals surface area contributed by atoms with E-state index in [1.54, 1.807) is 12.3 Å². The second-order valence-corrected chi connectivity index (χ2v) is 8.26. The molecule has 0 bridgehead atoms. The molecule has 3 aromatic heterocycles.